The van der Waals surface area contributed by atoms with E-state index in [2.05, 4.69) is 55.1 Å². The molecule has 0 heterocycles. The van der Waals surface area contributed by atoms with Gasteiger partial charge in [-0.05, 0) is 47.1 Å². The van der Waals surface area contributed by atoms with Crippen LogP contribution in [0.2, 0.25) is 0 Å². The van der Waals surface area contributed by atoms with Crippen molar-refractivity contribution in [2.75, 3.05) is 17.5 Å². The lowest BCUT2D eigenvalue weighted by Crippen LogP contribution is -2.25. The van der Waals surface area contributed by atoms with Crippen LogP contribution >= 0.6 is 0 Å². The lowest BCUT2D eigenvalue weighted by atomic mass is 9.86. The smallest absolute Gasteiger partial charge is 0.229 e. The second-order valence-electron chi connectivity index (χ2n) is 8.12. The van der Waals surface area contributed by atoms with E-state index in [0.29, 0.717) is 25.1 Å². The molecule has 0 bridgehead atoms. The van der Waals surface area contributed by atoms with Crippen LogP contribution in [0.25, 0.3) is 0 Å². The minimum absolute atomic E-state index is 0.0373. The third kappa shape index (κ3) is 7.72. The van der Waals surface area contributed by atoms with Crippen molar-refractivity contribution in [3.63, 3.8) is 0 Å². The highest BCUT2D eigenvalue weighted by Crippen LogP contribution is 2.22. The van der Waals surface area contributed by atoms with Gasteiger partial charge in [-0.15, -0.1) is 0 Å². The predicted octanol–water partition coefficient (Wildman–Crippen LogP) is 3.65. The summed E-state index contributed by atoms with van der Waals surface area (Å²) in [6.45, 7) is 7.11. The summed E-state index contributed by atoms with van der Waals surface area (Å²) in [7, 11) is -3.26. The maximum Gasteiger partial charge on any atom is 0.229 e. The van der Waals surface area contributed by atoms with Crippen molar-refractivity contribution < 1.29 is 13.2 Å². The van der Waals surface area contributed by atoms with Gasteiger partial charge in [0, 0.05) is 18.7 Å². The van der Waals surface area contributed by atoms with E-state index in [4.69, 9.17) is 0 Å². The first-order valence-corrected chi connectivity index (χ1v) is 11.3. The molecule has 1 amide bonds. The molecule has 2 rings (SSSR count). The average molecular weight is 403 g/mol. The van der Waals surface area contributed by atoms with Crippen LogP contribution in [-0.2, 0) is 33.1 Å². The number of amides is 1. The molecule has 0 saturated carbocycles. The third-order valence-corrected chi connectivity index (χ3v) is 5.06. The molecule has 0 fully saturated rings. The van der Waals surface area contributed by atoms with Crippen molar-refractivity contribution in [2.24, 2.45) is 0 Å². The van der Waals surface area contributed by atoms with Crippen LogP contribution in [0.5, 0.6) is 0 Å². The molecule has 0 saturated heterocycles. The quantitative estimate of drug-likeness (QED) is 0.708. The Morgan fingerprint density at radius 2 is 1.43 bits per heavy atom. The maximum atomic E-state index is 12.1. The van der Waals surface area contributed by atoms with Gasteiger partial charge in [-0.25, -0.2) is 8.42 Å². The zero-order valence-corrected chi connectivity index (χ0v) is 17.9. The molecule has 2 aromatic rings. The number of hydrogen-bond acceptors (Lipinski definition) is 3. The highest BCUT2D eigenvalue weighted by molar-refractivity contribution is 7.92. The van der Waals surface area contributed by atoms with Gasteiger partial charge < -0.3 is 5.32 Å². The fourth-order valence-electron chi connectivity index (χ4n) is 2.82. The van der Waals surface area contributed by atoms with E-state index in [9.17, 15) is 13.2 Å². The third-order valence-electron chi connectivity index (χ3n) is 4.45. The van der Waals surface area contributed by atoms with Crippen molar-refractivity contribution in [2.45, 2.75) is 45.4 Å². The van der Waals surface area contributed by atoms with E-state index in [1.54, 1.807) is 12.1 Å². The fraction of sp³-hybridized carbons (Fsp3) is 0.409. The van der Waals surface area contributed by atoms with Gasteiger partial charge in [0.05, 0.1) is 6.26 Å². The van der Waals surface area contributed by atoms with E-state index in [0.717, 1.165) is 23.8 Å². The number of benzene rings is 2. The Morgan fingerprint density at radius 1 is 0.893 bits per heavy atom. The Balaban J connectivity index is 1.72. The topological polar surface area (TPSA) is 75.3 Å². The maximum absolute atomic E-state index is 12.1. The Morgan fingerprint density at radius 3 is 1.96 bits per heavy atom. The molecule has 0 aliphatic carbocycles. The summed E-state index contributed by atoms with van der Waals surface area (Å²) in [5, 5.41) is 2.94. The van der Waals surface area contributed by atoms with E-state index in [1.807, 2.05) is 12.1 Å². The van der Waals surface area contributed by atoms with Gasteiger partial charge >= 0.3 is 0 Å². The van der Waals surface area contributed by atoms with Crippen molar-refractivity contribution in [3.05, 3.63) is 65.2 Å². The number of sulfonamides is 1. The average Bonchev–Trinajstić information content (AvgIpc) is 2.60. The summed E-state index contributed by atoms with van der Waals surface area (Å²) in [4.78, 5) is 12.1. The van der Waals surface area contributed by atoms with Gasteiger partial charge in [-0.1, -0.05) is 57.2 Å². The van der Waals surface area contributed by atoms with E-state index >= 15 is 0 Å². The van der Waals surface area contributed by atoms with Crippen LogP contribution in [-0.4, -0.2) is 27.1 Å². The first kappa shape index (κ1) is 22.0. The predicted molar refractivity (Wildman–Crippen MR) is 115 cm³/mol. The van der Waals surface area contributed by atoms with Crippen LogP contribution in [0.15, 0.2) is 48.5 Å². The molecule has 0 aliphatic heterocycles. The molecule has 0 unspecified atom stereocenters. The van der Waals surface area contributed by atoms with Crippen LogP contribution in [0, 0.1) is 0 Å². The second kappa shape index (κ2) is 9.24. The molecule has 2 aromatic carbocycles. The van der Waals surface area contributed by atoms with Crippen LogP contribution in [0.4, 0.5) is 5.69 Å². The minimum Gasteiger partial charge on any atom is -0.356 e. The highest BCUT2D eigenvalue weighted by atomic mass is 32.2. The molecule has 2 N–H and O–H groups in total. The number of hydrogen-bond donors (Lipinski definition) is 2. The lowest BCUT2D eigenvalue weighted by Gasteiger charge is -2.19. The fourth-order valence-corrected chi connectivity index (χ4v) is 3.38. The SMILES string of the molecule is CC(C)(C)c1ccc(CCC(=O)NCCc2ccc(NS(C)(=O)=O)cc2)cc1. The molecule has 0 radical (unpaired) electrons. The number of carbonyl (C=O) groups excluding carboxylic acids is 1. The molecular formula is C22H30N2O3S. The normalized spacial score (nSPS) is 11.9. The van der Waals surface area contributed by atoms with Crippen molar-refractivity contribution in [3.8, 4) is 0 Å². The molecule has 152 valence electrons. The van der Waals surface area contributed by atoms with Crippen molar-refractivity contribution in [1.82, 2.24) is 5.32 Å². The van der Waals surface area contributed by atoms with E-state index in [-0.39, 0.29) is 11.3 Å². The van der Waals surface area contributed by atoms with Gasteiger partial charge in [-0.3, -0.25) is 9.52 Å². The summed E-state index contributed by atoms with van der Waals surface area (Å²) in [6, 6.07) is 15.6. The Kier molecular flexibility index (Phi) is 7.24. The minimum atomic E-state index is -3.26. The first-order chi connectivity index (χ1) is 13.0. The Labute approximate surface area is 168 Å². The van der Waals surface area contributed by atoms with Crippen molar-refractivity contribution in [1.29, 1.82) is 0 Å². The van der Waals surface area contributed by atoms with Crippen molar-refractivity contribution >= 4 is 21.6 Å². The number of nitrogens with one attached hydrogen (secondary N) is 2. The Hall–Kier alpha value is -2.34. The second-order valence-corrected chi connectivity index (χ2v) is 9.87. The van der Waals surface area contributed by atoms with Crippen LogP contribution in [0.3, 0.4) is 0 Å². The summed E-state index contributed by atoms with van der Waals surface area (Å²) in [5.41, 5.74) is 4.16. The van der Waals surface area contributed by atoms with Gasteiger partial charge in [0.15, 0.2) is 0 Å². The first-order valence-electron chi connectivity index (χ1n) is 9.46. The molecule has 0 spiro atoms. The molecule has 0 aromatic heterocycles. The van der Waals surface area contributed by atoms with Crippen LogP contribution < -0.4 is 10.0 Å². The lowest BCUT2D eigenvalue weighted by molar-refractivity contribution is -0.121. The number of carbonyl (C=O) groups is 1. The summed E-state index contributed by atoms with van der Waals surface area (Å²) in [6.07, 6.45) is 3.01. The summed E-state index contributed by atoms with van der Waals surface area (Å²) < 4.78 is 24.8. The van der Waals surface area contributed by atoms with Crippen LogP contribution in [0.1, 0.15) is 43.9 Å². The monoisotopic (exact) mass is 402 g/mol. The summed E-state index contributed by atoms with van der Waals surface area (Å²) in [5.74, 6) is 0.0373. The summed E-state index contributed by atoms with van der Waals surface area (Å²) >= 11 is 0. The number of anilines is 1. The number of aryl methyl sites for hydroxylation is 1. The van der Waals surface area contributed by atoms with Gasteiger partial charge in [0.25, 0.3) is 0 Å². The molecule has 6 heteroatoms. The van der Waals surface area contributed by atoms with E-state index < -0.39 is 10.0 Å². The Bertz CT molecular complexity index is 881. The highest BCUT2D eigenvalue weighted by Gasteiger charge is 2.13. The zero-order chi connectivity index (χ0) is 20.8. The van der Waals surface area contributed by atoms with Gasteiger partial charge in [0.2, 0.25) is 15.9 Å². The molecule has 28 heavy (non-hydrogen) atoms. The zero-order valence-electron chi connectivity index (χ0n) is 17.1. The van der Waals surface area contributed by atoms with E-state index in [1.165, 1.54) is 5.56 Å². The van der Waals surface area contributed by atoms with Gasteiger partial charge in [-0.2, -0.15) is 0 Å². The molecule has 5 nitrogen and oxygen atoms in total. The molecule has 0 aliphatic rings. The van der Waals surface area contributed by atoms with Gasteiger partial charge in [0.1, 0.15) is 0 Å². The largest absolute Gasteiger partial charge is 0.356 e. The molecular weight excluding hydrogens is 372 g/mol. The molecule has 0 atom stereocenters. The standard InChI is InChI=1S/C22H30N2O3S/c1-22(2,3)19-10-5-17(6-11-19)9-14-21(25)23-16-15-18-7-12-20(13-8-18)24-28(4,26)27/h5-8,10-13,24H,9,14-16H2,1-4H3,(H,23,25). The number of rotatable bonds is 8.